The van der Waals surface area contributed by atoms with Crippen LogP contribution in [0.25, 0.3) is 0 Å². The van der Waals surface area contributed by atoms with E-state index in [9.17, 15) is 19.5 Å². The summed E-state index contributed by atoms with van der Waals surface area (Å²) >= 11 is 1.57. The first-order valence-electron chi connectivity index (χ1n) is 14.8. The fourth-order valence-electron chi connectivity index (χ4n) is 7.50. The van der Waals surface area contributed by atoms with E-state index >= 15 is 0 Å². The summed E-state index contributed by atoms with van der Waals surface area (Å²) in [5.74, 6) is -2.05. The molecule has 6 atom stereocenters. The monoisotopic (exact) mass is 585 g/mol. The third-order valence-electron chi connectivity index (χ3n) is 9.53. The molecule has 7 nitrogen and oxygen atoms in total. The Labute approximate surface area is 252 Å². The summed E-state index contributed by atoms with van der Waals surface area (Å²) in [6, 6.07) is 14.2. The van der Waals surface area contributed by atoms with Gasteiger partial charge in [0.25, 0.3) is 5.91 Å². The number of carbonyl (C=O) groups is 3. The van der Waals surface area contributed by atoms with Crippen LogP contribution in [0.15, 0.2) is 72.8 Å². The Balaban J connectivity index is 1.52. The zero-order valence-corrected chi connectivity index (χ0v) is 25.7. The summed E-state index contributed by atoms with van der Waals surface area (Å²) in [4.78, 5) is 49.4. The molecule has 8 heteroatoms. The predicted molar refractivity (Wildman–Crippen MR) is 167 cm³/mol. The van der Waals surface area contributed by atoms with Crippen LogP contribution in [0.2, 0.25) is 0 Å². The van der Waals surface area contributed by atoms with Gasteiger partial charge in [0.1, 0.15) is 6.04 Å². The van der Waals surface area contributed by atoms with Crippen molar-refractivity contribution in [2.24, 2.45) is 17.8 Å². The molecule has 0 aliphatic carbocycles. The molecule has 0 bridgehead atoms. The quantitative estimate of drug-likeness (QED) is 0.523. The maximum atomic E-state index is 14.9. The highest BCUT2D eigenvalue weighted by atomic mass is 32.2. The van der Waals surface area contributed by atoms with E-state index in [4.69, 9.17) is 0 Å². The molecule has 0 radical (unpaired) electrons. The van der Waals surface area contributed by atoms with E-state index in [2.05, 4.69) is 6.08 Å². The predicted octanol–water partition coefficient (Wildman–Crippen LogP) is 4.51. The second-order valence-electron chi connectivity index (χ2n) is 12.6. The molecule has 6 rings (SSSR count). The minimum atomic E-state index is -0.970. The van der Waals surface area contributed by atoms with Gasteiger partial charge in [0.15, 0.2) is 0 Å². The number of hydrogen-bond donors (Lipinski definition) is 1. The molecule has 4 heterocycles. The summed E-state index contributed by atoms with van der Waals surface area (Å²) in [5, 5.41) is 10.6. The van der Waals surface area contributed by atoms with Crippen molar-refractivity contribution < 1.29 is 19.5 Å². The van der Waals surface area contributed by atoms with Gasteiger partial charge in [0, 0.05) is 29.2 Å². The SMILES string of the molecule is Cc1ccc(C)c(N2CC=C[C@]34S[C@]5(C)C=CCN(c6ccccc6)C(=O)[C@@H]5[C@H]3C(=O)N([C@@H](CO)C(C)C)C4C2=O)c1. The van der Waals surface area contributed by atoms with Gasteiger partial charge in [-0.1, -0.05) is 68.5 Å². The van der Waals surface area contributed by atoms with Crippen LogP contribution in [-0.4, -0.2) is 69.0 Å². The van der Waals surface area contributed by atoms with Gasteiger partial charge in [-0.2, -0.15) is 0 Å². The van der Waals surface area contributed by atoms with Crippen molar-refractivity contribution in [1.82, 2.24) is 4.90 Å². The van der Waals surface area contributed by atoms with Gasteiger partial charge in [0.05, 0.1) is 29.2 Å². The number of rotatable bonds is 5. The van der Waals surface area contributed by atoms with Gasteiger partial charge in [-0.05, 0) is 56.0 Å². The standard InChI is InChI=1S/C34H39N3O4S/c1-21(2)26(20-38)37-29-32(41)36(25-19-22(3)13-14-23(25)4)18-10-16-34(29)28(31(37)40)27-30(39)35(24-11-7-6-8-12-24)17-9-15-33(27,5)42-34/h6-16,19,21,26-29,38H,17-18,20H2,1-5H3/t26-,27-,28-,29?,33+,34-/m0/s1. The highest BCUT2D eigenvalue weighted by molar-refractivity contribution is 8.02. The molecule has 4 aliphatic rings. The molecule has 220 valence electrons. The topological polar surface area (TPSA) is 81.2 Å². The number of aryl methyl sites for hydroxylation is 2. The average molecular weight is 586 g/mol. The maximum absolute atomic E-state index is 14.9. The van der Waals surface area contributed by atoms with E-state index in [1.165, 1.54) is 0 Å². The first-order valence-corrected chi connectivity index (χ1v) is 15.6. The number of benzene rings is 2. The first kappa shape index (κ1) is 28.7. The number of carbonyl (C=O) groups excluding carboxylic acids is 3. The van der Waals surface area contributed by atoms with Crippen molar-refractivity contribution in [2.75, 3.05) is 29.5 Å². The molecule has 0 saturated carbocycles. The lowest BCUT2D eigenvalue weighted by atomic mass is 9.74. The fourth-order valence-corrected chi connectivity index (χ4v) is 9.65. The second kappa shape index (κ2) is 10.4. The molecule has 2 aromatic rings. The van der Waals surface area contributed by atoms with E-state index in [0.717, 1.165) is 22.5 Å². The van der Waals surface area contributed by atoms with Crippen molar-refractivity contribution >= 4 is 40.9 Å². The average Bonchev–Trinajstić information content (AvgIpc) is 3.22. The number of amides is 3. The highest BCUT2D eigenvalue weighted by Crippen LogP contribution is 2.66. The third kappa shape index (κ3) is 4.17. The van der Waals surface area contributed by atoms with Crippen molar-refractivity contribution in [3.8, 4) is 0 Å². The van der Waals surface area contributed by atoms with Crippen LogP contribution in [0.3, 0.4) is 0 Å². The molecule has 42 heavy (non-hydrogen) atoms. The smallest absolute Gasteiger partial charge is 0.251 e. The number of likely N-dealkylation sites (tertiary alicyclic amines) is 1. The Kier molecular flexibility index (Phi) is 7.13. The Hall–Kier alpha value is -3.36. The van der Waals surface area contributed by atoms with E-state index in [1.807, 2.05) is 101 Å². The number of anilines is 2. The molecule has 1 N–H and O–H groups in total. The van der Waals surface area contributed by atoms with Gasteiger partial charge in [-0.25, -0.2) is 0 Å². The first-order chi connectivity index (χ1) is 20.0. The number of aliphatic hydroxyl groups excluding tert-OH is 1. The molecule has 2 aromatic carbocycles. The molecule has 2 saturated heterocycles. The van der Waals surface area contributed by atoms with Crippen LogP contribution < -0.4 is 9.80 Å². The maximum Gasteiger partial charge on any atom is 0.251 e. The normalized spacial score (nSPS) is 31.3. The molecule has 0 aromatic heterocycles. The van der Waals surface area contributed by atoms with Crippen LogP contribution in [0.5, 0.6) is 0 Å². The minimum absolute atomic E-state index is 0.0917. The lowest BCUT2D eigenvalue weighted by molar-refractivity contribution is -0.143. The van der Waals surface area contributed by atoms with E-state index in [-0.39, 0.29) is 30.2 Å². The zero-order valence-electron chi connectivity index (χ0n) is 24.9. The molecule has 2 fully saturated rings. The zero-order chi connectivity index (χ0) is 30.0. The number of fused-ring (bicyclic) bond motifs is 2. The Morgan fingerprint density at radius 1 is 0.905 bits per heavy atom. The van der Waals surface area contributed by atoms with Crippen LogP contribution in [0.4, 0.5) is 11.4 Å². The Morgan fingerprint density at radius 3 is 2.29 bits per heavy atom. The van der Waals surface area contributed by atoms with Crippen LogP contribution in [0.1, 0.15) is 31.9 Å². The summed E-state index contributed by atoms with van der Waals surface area (Å²) in [6.07, 6.45) is 8.12. The molecule has 4 aliphatic heterocycles. The molecular weight excluding hydrogens is 546 g/mol. The lowest BCUT2D eigenvalue weighted by Crippen LogP contribution is -2.58. The summed E-state index contributed by atoms with van der Waals surface area (Å²) < 4.78 is -1.67. The highest BCUT2D eigenvalue weighted by Gasteiger charge is 2.74. The van der Waals surface area contributed by atoms with Crippen molar-refractivity contribution in [1.29, 1.82) is 0 Å². The van der Waals surface area contributed by atoms with Crippen molar-refractivity contribution in [3.05, 3.63) is 84.0 Å². The van der Waals surface area contributed by atoms with Gasteiger partial charge in [-0.15, -0.1) is 11.8 Å². The number of aliphatic hydroxyl groups is 1. The largest absolute Gasteiger partial charge is 0.394 e. The number of para-hydroxylation sites is 1. The van der Waals surface area contributed by atoms with Crippen LogP contribution in [-0.2, 0) is 14.4 Å². The Morgan fingerprint density at radius 2 is 1.60 bits per heavy atom. The van der Waals surface area contributed by atoms with Gasteiger partial charge in [0.2, 0.25) is 11.8 Å². The lowest BCUT2D eigenvalue weighted by Gasteiger charge is -2.41. The number of hydrogen-bond acceptors (Lipinski definition) is 5. The number of thioether (sulfide) groups is 1. The molecule has 1 spiro atoms. The Bertz CT molecular complexity index is 1490. The van der Waals surface area contributed by atoms with E-state index < -0.39 is 33.4 Å². The summed E-state index contributed by atoms with van der Waals surface area (Å²) in [7, 11) is 0. The van der Waals surface area contributed by atoms with Gasteiger partial charge < -0.3 is 19.8 Å². The van der Waals surface area contributed by atoms with E-state index in [0.29, 0.717) is 13.1 Å². The van der Waals surface area contributed by atoms with Gasteiger partial charge in [-0.3, -0.25) is 14.4 Å². The molecular formula is C34H39N3O4S. The fraction of sp³-hybridized carbons (Fsp3) is 0.441. The van der Waals surface area contributed by atoms with Crippen molar-refractivity contribution in [2.45, 2.75) is 56.2 Å². The van der Waals surface area contributed by atoms with Crippen molar-refractivity contribution in [3.63, 3.8) is 0 Å². The molecule has 3 amide bonds. The van der Waals surface area contributed by atoms with Crippen LogP contribution >= 0.6 is 11.8 Å². The van der Waals surface area contributed by atoms with Gasteiger partial charge >= 0.3 is 0 Å². The van der Waals surface area contributed by atoms with Crippen LogP contribution in [0, 0.1) is 31.6 Å². The summed E-state index contributed by atoms with van der Waals surface area (Å²) in [6.45, 7) is 10.5. The third-order valence-corrected chi connectivity index (χ3v) is 11.3. The van der Waals surface area contributed by atoms with E-state index in [1.54, 1.807) is 26.5 Å². The minimum Gasteiger partial charge on any atom is -0.394 e. The number of nitrogens with zero attached hydrogens (tertiary/aromatic N) is 3. The molecule has 1 unspecified atom stereocenters. The summed E-state index contributed by atoms with van der Waals surface area (Å²) in [5.41, 5.74) is 3.62. The second-order valence-corrected chi connectivity index (χ2v) is 14.4.